The lowest BCUT2D eigenvalue weighted by Crippen LogP contribution is -2.00. The Morgan fingerprint density at radius 2 is 2.00 bits per heavy atom. The van der Waals surface area contributed by atoms with Crippen molar-refractivity contribution in [1.82, 2.24) is 0 Å². The van der Waals surface area contributed by atoms with Crippen molar-refractivity contribution < 1.29 is 4.39 Å². The Labute approximate surface area is 119 Å². The van der Waals surface area contributed by atoms with Crippen LogP contribution in [0, 0.1) is 12.7 Å². The standard InChI is InChI=1S/C14H12BrClFN/c1-9-2-3-10(6-13(9)16)8-18-14-7-11(17)4-5-12(14)15/h2-7,18H,8H2,1H3. The highest BCUT2D eigenvalue weighted by Gasteiger charge is 2.02. The third-order valence-corrected chi connectivity index (χ3v) is 3.75. The van der Waals surface area contributed by atoms with E-state index >= 15 is 0 Å². The molecule has 0 atom stereocenters. The maximum Gasteiger partial charge on any atom is 0.125 e. The molecular formula is C14H12BrClFN. The quantitative estimate of drug-likeness (QED) is 0.820. The topological polar surface area (TPSA) is 12.0 Å². The molecule has 94 valence electrons. The van der Waals surface area contributed by atoms with Crippen molar-refractivity contribution in [3.8, 4) is 0 Å². The van der Waals surface area contributed by atoms with Gasteiger partial charge in [0.2, 0.25) is 0 Å². The molecule has 0 aliphatic carbocycles. The summed E-state index contributed by atoms with van der Waals surface area (Å²) in [4.78, 5) is 0. The van der Waals surface area contributed by atoms with Gasteiger partial charge in [0.15, 0.2) is 0 Å². The number of nitrogens with one attached hydrogen (secondary N) is 1. The largest absolute Gasteiger partial charge is 0.380 e. The zero-order valence-corrected chi connectivity index (χ0v) is 12.1. The van der Waals surface area contributed by atoms with E-state index in [2.05, 4.69) is 21.2 Å². The molecule has 0 aromatic heterocycles. The zero-order chi connectivity index (χ0) is 13.1. The van der Waals surface area contributed by atoms with Crippen molar-refractivity contribution in [2.75, 3.05) is 5.32 Å². The average molecular weight is 329 g/mol. The van der Waals surface area contributed by atoms with Gasteiger partial charge in [-0.1, -0.05) is 23.7 Å². The van der Waals surface area contributed by atoms with Gasteiger partial charge in [-0.2, -0.15) is 0 Å². The van der Waals surface area contributed by atoms with Crippen LogP contribution in [-0.2, 0) is 6.54 Å². The maximum atomic E-state index is 13.1. The van der Waals surface area contributed by atoms with Crippen LogP contribution in [0.15, 0.2) is 40.9 Å². The van der Waals surface area contributed by atoms with Gasteiger partial charge in [-0.05, 0) is 58.2 Å². The van der Waals surface area contributed by atoms with Crippen LogP contribution in [0.2, 0.25) is 5.02 Å². The highest BCUT2D eigenvalue weighted by Crippen LogP contribution is 2.24. The number of hydrogen-bond donors (Lipinski definition) is 1. The smallest absolute Gasteiger partial charge is 0.125 e. The zero-order valence-electron chi connectivity index (χ0n) is 9.81. The van der Waals surface area contributed by atoms with Crippen molar-refractivity contribution in [3.05, 3.63) is 62.8 Å². The van der Waals surface area contributed by atoms with Gasteiger partial charge in [-0.15, -0.1) is 0 Å². The van der Waals surface area contributed by atoms with Crippen LogP contribution in [0.5, 0.6) is 0 Å². The molecule has 0 spiro atoms. The van der Waals surface area contributed by atoms with Gasteiger partial charge >= 0.3 is 0 Å². The van der Waals surface area contributed by atoms with E-state index in [0.29, 0.717) is 6.54 Å². The monoisotopic (exact) mass is 327 g/mol. The van der Waals surface area contributed by atoms with Crippen molar-refractivity contribution in [3.63, 3.8) is 0 Å². The summed E-state index contributed by atoms with van der Waals surface area (Å²) in [5.74, 6) is -0.261. The lowest BCUT2D eigenvalue weighted by Gasteiger charge is -2.09. The normalized spacial score (nSPS) is 10.4. The first-order valence-electron chi connectivity index (χ1n) is 5.50. The molecule has 0 heterocycles. The molecule has 18 heavy (non-hydrogen) atoms. The number of halogens is 3. The highest BCUT2D eigenvalue weighted by atomic mass is 79.9. The van der Waals surface area contributed by atoms with Crippen LogP contribution in [0.4, 0.5) is 10.1 Å². The molecule has 0 amide bonds. The van der Waals surface area contributed by atoms with Crippen LogP contribution in [0.1, 0.15) is 11.1 Å². The van der Waals surface area contributed by atoms with Gasteiger partial charge in [-0.3, -0.25) is 0 Å². The summed E-state index contributed by atoms with van der Waals surface area (Å²) in [6.45, 7) is 2.56. The molecule has 0 fully saturated rings. The third kappa shape index (κ3) is 3.24. The molecule has 0 saturated carbocycles. The summed E-state index contributed by atoms with van der Waals surface area (Å²) in [5, 5.41) is 3.91. The second kappa shape index (κ2) is 5.72. The second-order valence-electron chi connectivity index (χ2n) is 4.06. The van der Waals surface area contributed by atoms with E-state index in [0.717, 1.165) is 26.3 Å². The van der Waals surface area contributed by atoms with Crippen molar-refractivity contribution in [1.29, 1.82) is 0 Å². The molecule has 0 unspecified atom stereocenters. The second-order valence-corrected chi connectivity index (χ2v) is 5.32. The predicted molar refractivity (Wildman–Crippen MR) is 77.6 cm³/mol. The lowest BCUT2D eigenvalue weighted by molar-refractivity contribution is 0.628. The molecule has 1 N–H and O–H groups in total. The van der Waals surface area contributed by atoms with E-state index in [1.54, 1.807) is 6.07 Å². The van der Waals surface area contributed by atoms with Gasteiger partial charge in [-0.25, -0.2) is 4.39 Å². The van der Waals surface area contributed by atoms with Crippen molar-refractivity contribution >= 4 is 33.2 Å². The van der Waals surface area contributed by atoms with Crippen LogP contribution in [0.3, 0.4) is 0 Å². The first-order chi connectivity index (χ1) is 8.56. The predicted octanol–water partition coefficient (Wildman–Crippen LogP) is 5.16. The Kier molecular flexibility index (Phi) is 4.25. The minimum absolute atomic E-state index is 0.261. The molecule has 0 saturated heterocycles. The van der Waals surface area contributed by atoms with E-state index in [1.807, 2.05) is 25.1 Å². The fourth-order valence-electron chi connectivity index (χ4n) is 1.58. The number of benzene rings is 2. The molecule has 2 aromatic carbocycles. The van der Waals surface area contributed by atoms with Gasteiger partial charge < -0.3 is 5.32 Å². The molecule has 2 rings (SSSR count). The van der Waals surface area contributed by atoms with E-state index in [4.69, 9.17) is 11.6 Å². The Morgan fingerprint density at radius 1 is 1.22 bits per heavy atom. The van der Waals surface area contributed by atoms with Gasteiger partial charge in [0, 0.05) is 16.0 Å². The molecule has 0 bridgehead atoms. The molecule has 0 aliphatic heterocycles. The molecular weight excluding hydrogens is 317 g/mol. The van der Waals surface area contributed by atoms with Crippen LogP contribution in [0.25, 0.3) is 0 Å². The number of rotatable bonds is 3. The van der Waals surface area contributed by atoms with E-state index in [1.165, 1.54) is 12.1 Å². The third-order valence-electron chi connectivity index (χ3n) is 2.65. The fraction of sp³-hybridized carbons (Fsp3) is 0.143. The van der Waals surface area contributed by atoms with Gasteiger partial charge in [0.1, 0.15) is 5.82 Å². The van der Waals surface area contributed by atoms with Crippen molar-refractivity contribution in [2.24, 2.45) is 0 Å². The molecule has 4 heteroatoms. The van der Waals surface area contributed by atoms with E-state index in [-0.39, 0.29) is 5.82 Å². The Balaban J connectivity index is 2.11. The Morgan fingerprint density at radius 3 is 2.72 bits per heavy atom. The lowest BCUT2D eigenvalue weighted by atomic mass is 10.1. The summed E-state index contributed by atoms with van der Waals surface area (Å²) in [6, 6.07) is 10.4. The van der Waals surface area contributed by atoms with Crippen LogP contribution >= 0.6 is 27.5 Å². The van der Waals surface area contributed by atoms with Gasteiger partial charge in [0.05, 0.1) is 5.69 Å². The maximum absolute atomic E-state index is 13.1. The average Bonchev–Trinajstić information content (AvgIpc) is 2.34. The number of anilines is 1. The van der Waals surface area contributed by atoms with Gasteiger partial charge in [0.25, 0.3) is 0 Å². The summed E-state index contributed by atoms with van der Waals surface area (Å²) in [5.41, 5.74) is 2.83. The van der Waals surface area contributed by atoms with E-state index < -0.39 is 0 Å². The minimum Gasteiger partial charge on any atom is -0.380 e. The number of aryl methyl sites for hydroxylation is 1. The summed E-state index contributed by atoms with van der Waals surface area (Å²) in [6.07, 6.45) is 0. The minimum atomic E-state index is -0.261. The first-order valence-corrected chi connectivity index (χ1v) is 6.67. The summed E-state index contributed by atoms with van der Waals surface area (Å²) < 4.78 is 13.9. The van der Waals surface area contributed by atoms with Crippen molar-refractivity contribution in [2.45, 2.75) is 13.5 Å². The molecule has 1 nitrogen and oxygen atoms in total. The van der Waals surface area contributed by atoms with Crippen LogP contribution in [-0.4, -0.2) is 0 Å². The molecule has 0 aliphatic rings. The van der Waals surface area contributed by atoms with Crippen LogP contribution < -0.4 is 5.32 Å². The first kappa shape index (κ1) is 13.4. The Bertz CT molecular complexity index is 572. The summed E-state index contributed by atoms with van der Waals surface area (Å²) in [7, 11) is 0. The number of hydrogen-bond acceptors (Lipinski definition) is 1. The Hall–Kier alpha value is -1.06. The molecule has 0 radical (unpaired) electrons. The SMILES string of the molecule is Cc1ccc(CNc2cc(F)ccc2Br)cc1Cl. The van der Waals surface area contributed by atoms with E-state index in [9.17, 15) is 4.39 Å². The molecule has 2 aromatic rings. The summed E-state index contributed by atoms with van der Waals surface area (Å²) >= 11 is 9.43. The fourth-order valence-corrected chi connectivity index (χ4v) is 2.17. The highest BCUT2D eigenvalue weighted by molar-refractivity contribution is 9.10.